The zero-order chi connectivity index (χ0) is 14.3. The van der Waals surface area contributed by atoms with Crippen LogP contribution < -0.4 is 5.32 Å². The van der Waals surface area contributed by atoms with Gasteiger partial charge in [0.25, 0.3) is 0 Å². The van der Waals surface area contributed by atoms with Crippen molar-refractivity contribution in [1.29, 1.82) is 0 Å². The molecular weight excluding hydrogens is 251 g/mol. The van der Waals surface area contributed by atoms with Crippen molar-refractivity contribution in [2.45, 2.75) is 13.3 Å². The zero-order valence-electron chi connectivity index (χ0n) is 11.0. The summed E-state index contributed by atoms with van der Waals surface area (Å²) < 4.78 is 17.5. The third kappa shape index (κ3) is 4.95. The maximum Gasteiger partial charge on any atom is 0.321 e. The van der Waals surface area contributed by atoms with E-state index < -0.39 is 5.82 Å². The molecule has 0 heterocycles. The van der Waals surface area contributed by atoms with Crippen LogP contribution in [0.25, 0.3) is 0 Å². The first kappa shape index (κ1) is 14.9. The quantitative estimate of drug-likeness (QED) is 0.833. The van der Waals surface area contributed by atoms with Gasteiger partial charge in [-0.2, -0.15) is 0 Å². The zero-order valence-corrected chi connectivity index (χ0v) is 11.0. The maximum absolute atomic E-state index is 13.0. The van der Waals surface area contributed by atoms with Crippen LogP contribution in [0.3, 0.4) is 0 Å². The second kappa shape index (κ2) is 7.35. The minimum absolute atomic E-state index is 0.126. The van der Waals surface area contributed by atoms with Gasteiger partial charge in [0.1, 0.15) is 5.82 Å². The molecule has 6 heteroatoms. The number of nitrogens with one attached hydrogen (secondary N) is 1. The minimum atomic E-state index is -0.421. The maximum atomic E-state index is 13.0. The van der Waals surface area contributed by atoms with Gasteiger partial charge in [-0.15, -0.1) is 0 Å². The Hall–Kier alpha value is -2.11. The first-order chi connectivity index (χ1) is 9.06. The van der Waals surface area contributed by atoms with E-state index in [2.05, 4.69) is 10.1 Å². The normalized spacial score (nSPS) is 9.84. The van der Waals surface area contributed by atoms with Crippen molar-refractivity contribution in [3.05, 3.63) is 30.1 Å². The second-order valence-corrected chi connectivity index (χ2v) is 3.85. The number of methoxy groups -OCH3 is 1. The highest BCUT2D eigenvalue weighted by Gasteiger charge is 2.13. The molecule has 0 saturated carbocycles. The van der Waals surface area contributed by atoms with Crippen LogP contribution in [0.15, 0.2) is 24.3 Å². The summed E-state index contributed by atoms with van der Waals surface area (Å²) in [5, 5.41) is 2.57. The number of carbonyl (C=O) groups is 2. The number of urea groups is 1. The fraction of sp³-hybridized carbons (Fsp3) is 0.385. The first-order valence-electron chi connectivity index (χ1n) is 5.95. The van der Waals surface area contributed by atoms with Crippen LogP contribution in [-0.4, -0.2) is 37.1 Å². The van der Waals surface area contributed by atoms with Crippen molar-refractivity contribution in [1.82, 2.24) is 4.90 Å². The average molecular weight is 268 g/mol. The van der Waals surface area contributed by atoms with Crippen molar-refractivity contribution in [3.63, 3.8) is 0 Å². The number of anilines is 1. The molecule has 0 spiro atoms. The van der Waals surface area contributed by atoms with Gasteiger partial charge in [0.05, 0.1) is 13.5 Å². The van der Waals surface area contributed by atoms with E-state index in [0.717, 1.165) is 0 Å². The molecule has 0 bridgehead atoms. The SMILES string of the molecule is CCN(CCC(=O)OC)C(=O)Nc1cccc(F)c1. The lowest BCUT2D eigenvalue weighted by molar-refractivity contribution is -0.140. The lowest BCUT2D eigenvalue weighted by Gasteiger charge is -2.20. The van der Waals surface area contributed by atoms with Gasteiger partial charge in [-0.25, -0.2) is 9.18 Å². The monoisotopic (exact) mass is 268 g/mol. The van der Waals surface area contributed by atoms with Crippen molar-refractivity contribution in [2.24, 2.45) is 0 Å². The number of rotatable bonds is 5. The Kier molecular flexibility index (Phi) is 5.78. The van der Waals surface area contributed by atoms with Gasteiger partial charge in [0.15, 0.2) is 0 Å². The molecule has 1 aromatic rings. The summed E-state index contributed by atoms with van der Waals surface area (Å²) in [5.41, 5.74) is 0.376. The first-order valence-corrected chi connectivity index (χ1v) is 5.95. The summed E-state index contributed by atoms with van der Waals surface area (Å²) in [4.78, 5) is 24.4. The molecule has 0 atom stereocenters. The molecule has 0 fully saturated rings. The van der Waals surface area contributed by atoms with Crippen molar-refractivity contribution >= 4 is 17.7 Å². The third-order valence-corrected chi connectivity index (χ3v) is 2.56. The number of halogens is 1. The predicted octanol–water partition coefficient (Wildman–Crippen LogP) is 2.24. The lowest BCUT2D eigenvalue weighted by atomic mass is 10.3. The summed E-state index contributed by atoms with van der Waals surface area (Å²) in [6, 6.07) is 5.25. The van der Waals surface area contributed by atoms with Crippen LogP contribution in [0.1, 0.15) is 13.3 Å². The van der Waals surface area contributed by atoms with Gasteiger partial charge in [0, 0.05) is 18.8 Å². The number of benzene rings is 1. The molecule has 1 aromatic carbocycles. The Balaban J connectivity index is 2.56. The standard InChI is InChI=1S/C13H17FN2O3/c1-3-16(8-7-12(17)19-2)13(18)15-11-6-4-5-10(14)9-11/h4-6,9H,3,7-8H2,1-2H3,(H,15,18). The second-order valence-electron chi connectivity index (χ2n) is 3.85. The Morgan fingerprint density at radius 3 is 2.74 bits per heavy atom. The van der Waals surface area contributed by atoms with E-state index in [1.807, 2.05) is 0 Å². The van der Waals surface area contributed by atoms with E-state index in [1.54, 1.807) is 13.0 Å². The molecular formula is C13H17FN2O3. The molecule has 2 amide bonds. The molecule has 5 nitrogen and oxygen atoms in total. The molecule has 0 radical (unpaired) electrons. The van der Waals surface area contributed by atoms with Crippen LogP contribution >= 0.6 is 0 Å². The molecule has 104 valence electrons. The van der Waals surface area contributed by atoms with E-state index in [0.29, 0.717) is 12.2 Å². The molecule has 19 heavy (non-hydrogen) atoms. The highest BCUT2D eigenvalue weighted by atomic mass is 19.1. The Morgan fingerprint density at radius 2 is 2.16 bits per heavy atom. The van der Waals surface area contributed by atoms with Gasteiger partial charge in [-0.1, -0.05) is 6.07 Å². The molecule has 1 rings (SSSR count). The van der Waals surface area contributed by atoms with Crippen LogP contribution in [0.2, 0.25) is 0 Å². The number of carbonyl (C=O) groups excluding carboxylic acids is 2. The van der Waals surface area contributed by atoms with E-state index >= 15 is 0 Å². The summed E-state index contributed by atoms with van der Waals surface area (Å²) in [5.74, 6) is -0.799. The van der Waals surface area contributed by atoms with E-state index in [9.17, 15) is 14.0 Å². The topological polar surface area (TPSA) is 58.6 Å². The van der Waals surface area contributed by atoms with Crippen molar-refractivity contribution in [3.8, 4) is 0 Å². The van der Waals surface area contributed by atoms with Gasteiger partial charge in [0.2, 0.25) is 0 Å². The highest BCUT2D eigenvalue weighted by molar-refractivity contribution is 5.89. The Morgan fingerprint density at radius 1 is 1.42 bits per heavy atom. The van der Waals surface area contributed by atoms with Crippen LogP contribution in [0, 0.1) is 5.82 Å². The molecule has 0 aromatic heterocycles. The predicted molar refractivity (Wildman–Crippen MR) is 69.3 cm³/mol. The number of hydrogen-bond donors (Lipinski definition) is 1. The minimum Gasteiger partial charge on any atom is -0.469 e. The smallest absolute Gasteiger partial charge is 0.321 e. The molecule has 0 aliphatic carbocycles. The Labute approximate surface area is 111 Å². The number of nitrogens with zero attached hydrogens (tertiary/aromatic N) is 1. The van der Waals surface area contributed by atoms with Gasteiger partial charge >= 0.3 is 12.0 Å². The van der Waals surface area contributed by atoms with Crippen LogP contribution in [0.5, 0.6) is 0 Å². The van der Waals surface area contributed by atoms with E-state index in [-0.39, 0.29) is 25.0 Å². The average Bonchev–Trinajstić information content (AvgIpc) is 2.39. The van der Waals surface area contributed by atoms with Gasteiger partial charge in [-0.05, 0) is 25.1 Å². The number of amides is 2. The highest BCUT2D eigenvalue weighted by Crippen LogP contribution is 2.10. The van der Waals surface area contributed by atoms with Crippen LogP contribution in [0.4, 0.5) is 14.9 Å². The fourth-order valence-corrected chi connectivity index (χ4v) is 1.50. The van der Waals surface area contributed by atoms with Crippen molar-refractivity contribution < 1.29 is 18.7 Å². The lowest BCUT2D eigenvalue weighted by Crippen LogP contribution is -2.36. The van der Waals surface area contributed by atoms with Crippen molar-refractivity contribution in [2.75, 3.05) is 25.5 Å². The Bertz CT molecular complexity index is 451. The fourth-order valence-electron chi connectivity index (χ4n) is 1.50. The third-order valence-electron chi connectivity index (χ3n) is 2.56. The van der Waals surface area contributed by atoms with Gasteiger partial charge < -0.3 is 15.0 Å². The summed E-state index contributed by atoms with van der Waals surface area (Å²) >= 11 is 0. The van der Waals surface area contributed by atoms with Crippen LogP contribution in [-0.2, 0) is 9.53 Å². The number of hydrogen-bond acceptors (Lipinski definition) is 3. The summed E-state index contributed by atoms with van der Waals surface area (Å²) in [7, 11) is 1.30. The molecule has 0 saturated heterocycles. The molecule has 1 N–H and O–H groups in total. The van der Waals surface area contributed by atoms with Gasteiger partial charge in [-0.3, -0.25) is 4.79 Å². The van der Waals surface area contributed by atoms with E-state index in [1.165, 1.54) is 30.2 Å². The molecule has 0 unspecified atom stereocenters. The summed E-state index contributed by atoms with van der Waals surface area (Å²) in [6.07, 6.45) is 0.126. The van der Waals surface area contributed by atoms with E-state index in [4.69, 9.17) is 0 Å². The molecule has 0 aliphatic rings. The molecule has 0 aliphatic heterocycles. The summed E-state index contributed by atoms with van der Waals surface area (Å²) in [6.45, 7) is 2.49. The number of esters is 1. The number of ether oxygens (including phenoxy) is 1. The largest absolute Gasteiger partial charge is 0.469 e.